The van der Waals surface area contributed by atoms with Gasteiger partial charge in [-0.15, -0.1) is 0 Å². The molecule has 4 nitrogen and oxygen atoms in total. The largest absolute Gasteiger partial charge is 0.390 e. The molecular weight excluding hydrogens is 228 g/mol. The first kappa shape index (κ1) is 13.3. The molecule has 1 heterocycles. The second-order valence-electron chi connectivity index (χ2n) is 4.88. The third-order valence-corrected chi connectivity index (χ3v) is 3.51. The number of aliphatic hydroxyl groups excluding tert-OH is 2. The van der Waals surface area contributed by atoms with Crippen molar-refractivity contribution in [3.63, 3.8) is 0 Å². The maximum Gasteiger partial charge on any atom is 0.105 e. The second-order valence-corrected chi connectivity index (χ2v) is 4.88. The zero-order valence-corrected chi connectivity index (χ0v) is 10.6. The van der Waals surface area contributed by atoms with Gasteiger partial charge in [0.2, 0.25) is 0 Å². The highest BCUT2D eigenvalue weighted by atomic mass is 16.3. The van der Waals surface area contributed by atoms with E-state index in [0.29, 0.717) is 13.0 Å². The Balaban J connectivity index is 2.10. The molecule has 1 aromatic rings. The first-order valence-corrected chi connectivity index (χ1v) is 6.63. The van der Waals surface area contributed by atoms with E-state index >= 15 is 0 Å². The standard InChI is InChI=1S/C14H22N2O2/c15-7-6-13(17)14(18)11-4-3-5-12(10-11)16-8-1-2-9-16/h3-5,10,13-14,17-18H,1-2,6-9,15H2. The van der Waals surface area contributed by atoms with Crippen LogP contribution in [0.3, 0.4) is 0 Å². The van der Waals surface area contributed by atoms with Crippen LogP contribution in [0.15, 0.2) is 24.3 Å². The van der Waals surface area contributed by atoms with E-state index in [-0.39, 0.29) is 0 Å². The van der Waals surface area contributed by atoms with Gasteiger partial charge in [-0.25, -0.2) is 0 Å². The summed E-state index contributed by atoms with van der Waals surface area (Å²) in [5.41, 5.74) is 7.29. The van der Waals surface area contributed by atoms with Gasteiger partial charge in [0.1, 0.15) is 6.10 Å². The molecule has 0 radical (unpaired) electrons. The number of hydrogen-bond acceptors (Lipinski definition) is 4. The van der Waals surface area contributed by atoms with Crippen molar-refractivity contribution < 1.29 is 10.2 Å². The molecule has 1 aliphatic rings. The molecule has 4 N–H and O–H groups in total. The van der Waals surface area contributed by atoms with Crippen molar-refractivity contribution in [1.29, 1.82) is 0 Å². The minimum Gasteiger partial charge on any atom is -0.390 e. The predicted molar refractivity (Wildman–Crippen MR) is 72.5 cm³/mol. The average molecular weight is 250 g/mol. The summed E-state index contributed by atoms with van der Waals surface area (Å²) in [6, 6.07) is 7.80. The summed E-state index contributed by atoms with van der Waals surface area (Å²) in [7, 11) is 0. The Bertz CT molecular complexity index is 378. The summed E-state index contributed by atoms with van der Waals surface area (Å²) >= 11 is 0. The highest BCUT2D eigenvalue weighted by molar-refractivity contribution is 5.49. The topological polar surface area (TPSA) is 69.7 Å². The van der Waals surface area contributed by atoms with Crippen molar-refractivity contribution >= 4 is 5.69 Å². The van der Waals surface area contributed by atoms with Gasteiger partial charge in [-0.05, 0) is 43.5 Å². The van der Waals surface area contributed by atoms with Crippen molar-refractivity contribution in [3.05, 3.63) is 29.8 Å². The fraction of sp³-hybridized carbons (Fsp3) is 0.571. The zero-order chi connectivity index (χ0) is 13.0. The number of rotatable bonds is 5. The molecule has 0 aromatic heterocycles. The molecule has 2 rings (SSSR count). The predicted octanol–water partition coefficient (Wildman–Crippen LogP) is 1.03. The lowest BCUT2D eigenvalue weighted by molar-refractivity contribution is 0.0150. The highest BCUT2D eigenvalue weighted by Crippen LogP contribution is 2.26. The van der Waals surface area contributed by atoms with E-state index in [2.05, 4.69) is 11.0 Å². The maximum absolute atomic E-state index is 10.1. The molecule has 100 valence electrons. The molecule has 1 fully saturated rings. The van der Waals surface area contributed by atoms with Gasteiger partial charge in [0.05, 0.1) is 6.10 Å². The molecule has 0 bridgehead atoms. The van der Waals surface area contributed by atoms with Crippen LogP contribution in [-0.4, -0.2) is 36.0 Å². The van der Waals surface area contributed by atoms with Crippen LogP contribution in [0, 0.1) is 0 Å². The Morgan fingerprint density at radius 2 is 1.94 bits per heavy atom. The summed E-state index contributed by atoms with van der Waals surface area (Å²) in [6.45, 7) is 2.53. The van der Waals surface area contributed by atoms with Crippen LogP contribution < -0.4 is 10.6 Å². The number of benzene rings is 1. The first-order chi connectivity index (χ1) is 8.72. The number of nitrogens with zero attached hydrogens (tertiary/aromatic N) is 1. The SMILES string of the molecule is NCCC(O)C(O)c1cccc(N2CCCC2)c1. The Morgan fingerprint density at radius 3 is 2.61 bits per heavy atom. The van der Waals surface area contributed by atoms with Crippen LogP contribution in [0.25, 0.3) is 0 Å². The number of hydrogen-bond donors (Lipinski definition) is 3. The molecule has 0 spiro atoms. The third kappa shape index (κ3) is 3.02. The lowest BCUT2D eigenvalue weighted by atomic mass is 10.0. The van der Waals surface area contributed by atoms with Crippen molar-refractivity contribution in [2.45, 2.75) is 31.5 Å². The van der Waals surface area contributed by atoms with Crippen LogP contribution >= 0.6 is 0 Å². The molecule has 1 saturated heterocycles. The van der Waals surface area contributed by atoms with E-state index in [0.717, 1.165) is 24.3 Å². The van der Waals surface area contributed by atoms with Crippen molar-refractivity contribution in [3.8, 4) is 0 Å². The van der Waals surface area contributed by atoms with Crippen LogP contribution in [0.1, 0.15) is 30.9 Å². The highest BCUT2D eigenvalue weighted by Gasteiger charge is 2.19. The maximum atomic E-state index is 10.1. The minimum atomic E-state index is -0.851. The number of anilines is 1. The van der Waals surface area contributed by atoms with Gasteiger partial charge in [-0.3, -0.25) is 0 Å². The zero-order valence-electron chi connectivity index (χ0n) is 10.6. The Kier molecular flexibility index (Phi) is 4.58. The molecule has 0 saturated carbocycles. The average Bonchev–Trinajstić information content (AvgIpc) is 2.92. The Morgan fingerprint density at radius 1 is 1.22 bits per heavy atom. The lowest BCUT2D eigenvalue weighted by Gasteiger charge is -2.21. The summed E-state index contributed by atoms with van der Waals surface area (Å²) in [5, 5.41) is 19.8. The van der Waals surface area contributed by atoms with Gasteiger partial charge in [-0.2, -0.15) is 0 Å². The Hall–Kier alpha value is -1.10. The van der Waals surface area contributed by atoms with Gasteiger partial charge < -0.3 is 20.8 Å². The molecule has 1 aliphatic heterocycles. The molecule has 4 heteroatoms. The van der Waals surface area contributed by atoms with E-state index in [9.17, 15) is 10.2 Å². The fourth-order valence-corrected chi connectivity index (χ4v) is 2.43. The van der Waals surface area contributed by atoms with Crippen LogP contribution in [0.4, 0.5) is 5.69 Å². The quantitative estimate of drug-likeness (QED) is 0.730. The van der Waals surface area contributed by atoms with E-state index in [1.807, 2.05) is 18.2 Å². The van der Waals surface area contributed by atoms with Gasteiger partial charge in [0, 0.05) is 18.8 Å². The van der Waals surface area contributed by atoms with Crippen LogP contribution in [0.2, 0.25) is 0 Å². The third-order valence-electron chi connectivity index (χ3n) is 3.51. The van der Waals surface area contributed by atoms with E-state index in [4.69, 9.17) is 5.73 Å². The summed E-state index contributed by atoms with van der Waals surface area (Å²) in [4.78, 5) is 2.31. The van der Waals surface area contributed by atoms with Crippen LogP contribution in [0.5, 0.6) is 0 Å². The van der Waals surface area contributed by atoms with Gasteiger partial charge in [0.15, 0.2) is 0 Å². The molecule has 18 heavy (non-hydrogen) atoms. The van der Waals surface area contributed by atoms with Gasteiger partial charge in [0.25, 0.3) is 0 Å². The van der Waals surface area contributed by atoms with Crippen molar-refractivity contribution in [1.82, 2.24) is 0 Å². The molecular formula is C14H22N2O2. The monoisotopic (exact) mass is 250 g/mol. The van der Waals surface area contributed by atoms with Gasteiger partial charge >= 0.3 is 0 Å². The van der Waals surface area contributed by atoms with Crippen LogP contribution in [-0.2, 0) is 0 Å². The smallest absolute Gasteiger partial charge is 0.105 e. The minimum absolute atomic E-state index is 0.379. The normalized spacial score (nSPS) is 18.9. The Labute approximate surface area is 108 Å². The fourth-order valence-electron chi connectivity index (χ4n) is 2.43. The summed E-state index contributed by atoms with van der Waals surface area (Å²) in [6.07, 6.45) is 1.22. The van der Waals surface area contributed by atoms with Gasteiger partial charge in [-0.1, -0.05) is 12.1 Å². The summed E-state index contributed by atoms with van der Waals surface area (Å²) < 4.78 is 0. The molecule has 0 amide bonds. The molecule has 2 unspecified atom stereocenters. The molecule has 2 atom stereocenters. The number of aliphatic hydroxyl groups is 2. The lowest BCUT2D eigenvalue weighted by Crippen LogP contribution is -2.22. The summed E-state index contributed by atoms with van der Waals surface area (Å²) in [5.74, 6) is 0. The second kappa shape index (κ2) is 6.18. The van der Waals surface area contributed by atoms with Crippen molar-refractivity contribution in [2.24, 2.45) is 5.73 Å². The number of nitrogens with two attached hydrogens (primary N) is 1. The van der Waals surface area contributed by atoms with Crippen molar-refractivity contribution in [2.75, 3.05) is 24.5 Å². The molecule has 0 aliphatic carbocycles. The van der Waals surface area contributed by atoms with E-state index < -0.39 is 12.2 Å². The first-order valence-electron chi connectivity index (χ1n) is 6.63. The molecule has 1 aromatic carbocycles. The van der Waals surface area contributed by atoms with E-state index in [1.54, 1.807) is 0 Å². The van der Waals surface area contributed by atoms with E-state index in [1.165, 1.54) is 12.8 Å².